The molecule has 0 radical (unpaired) electrons. The van der Waals surface area contributed by atoms with E-state index in [0.29, 0.717) is 5.56 Å². The van der Waals surface area contributed by atoms with E-state index in [1.165, 1.54) is 27.7 Å². The lowest BCUT2D eigenvalue weighted by Gasteiger charge is -2.44. The van der Waals surface area contributed by atoms with Gasteiger partial charge in [0.15, 0.2) is 18.3 Å². The van der Waals surface area contributed by atoms with Gasteiger partial charge in [0.2, 0.25) is 0 Å². The van der Waals surface area contributed by atoms with Crippen molar-refractivity contribution in [3.63, 3.8) is 0 Å². The van der Waals surface area contributed by atoms with Crippen LogP contribution in [0.5, 0.6) is 0 Å². The lowest BCUT2D eigenvalue weighted by atomic mass is 9.90. The third kappa shape index (κ3) is 6.53. The molecule has 1 saturated heterocycles. The van der Waals surface area contributed by atoms with Crippen molar-refractivity contribution in [1.29, 1.82) is 0 Å². The molecule has 1 aromatic carbocycles. The van der Waals surface area contributed by atoms with Gasteiger partial charge < -0.3 is 23.7 Å². The zero-order chi connectivity index (χ0) is 22.4. The van der Waals surface area contributed by atoms with Crippen molar-refractivity contribution in [2.45, 2.75) is 58.2 Å². The Hall–Kier alpha value is -2.46. The van der Waals surface area contributed by atoms with Gasteiger partial charge in [0.05, 0.1) is 0 Å². The highest BCUT2D eigenvalue weighted by molar-refractivity contribution is 9.10. The van der Waals surface area contributed by atoms with Gasteiger partial charge in [-0.3, -0.25) is 19.2 Å². The number of carbonyl (C=O) groups excluding carboxylic acids is 4. The van der Waals surface area contributed by atoms with Crippen LogP contribution >= 0.6 is 15.9 Å². The maximum atomic E-state index is 11.8. The summed E-state index contributed by atoms with van der Waals surface area (Å²) in [7, 11) is 0. The maximum absolute atomic E-state index is 11.8. The zero-order valence-electron chi connectivity index (χ0n) is 17.0. The Morgan fingerprint density at radius 2 is 1.30 bits per heavy atom. The Morgan fingerprint density at radius 3 is 1.80 bits per heavy atom. The lowest BCUT2D eigenvalue weighted by molar-refractivity contribution is -0.254. The third-order valence-corrected chi connectivity index (χ3v) is 4.72. The maximum Gasteiger partial charge on any atom is 0.303 e. The van der Waals surface area contributed by atoms with Crippen molar-refractivity contribution in [2.75, 3.05) is 6.61 Å². The first-order valence-electron chi connectivity index (χ1n) is 9.14. The van der Waals surface area contributed by atoms with E-state index in [2.05, 4.69) is 15.9 Å². The Bertz CT molecular complexity index is 792. The van der Waals surface area contributed by atoms with Gasteiger partial charge in [0.1, 0.15) is 18.8 Å². The van der Waals surface area contributed by atoms with Crippen LogP contribution in [0.2, 0.25) is 0 Å². The molecule has 164 valence electrons. The number of rotatable bonds is 6. The molecule has 1 heterocycles. The second-order valence-corrected chi connectivity index (χ2v) is 7.59. The van der Waals surface area contributed by atoms with Crippen molar-refractivity contribution in [3.05, 3.63) is 34.3 Å². The number of hydrogen-bond donors (Lipinski definition) is 0. The van der Waals surface area contributed by atoms with Crippen molar-refractivity contribution in [3.8, 4) is 0 Å². The van der Waals surface area contributed by atoms with Crippen LogP contribution in [0.3, 0.4) is 0 Å². The molecule has 2 unspecified atom stereocenters. The standard InChI is InChI=1S/C20H23BrO9/c1-10(22)26-9-16-18(27-11(2)23)20(29-13(4)25)19(28-12(3)24)17(30-16)14-5-7-15(21)8-6-14/h5-8,16-20H,9H2,1-4H3/t16?,17-,18+,19?,20+/m0/s1. The number of halogens is 1. The van der Waals surface area contributed by atoms with E-state index in [1.54, 1.807) is 24.3 Å². The molecule has 1 aromatic rings. The van der Waals surface area contributed by atoms with Crippen LogP contribution in [-0.4, -0.2) is 54.9 Å². The smallest absolute Gasteiger partial charge is 0.303 e. The Morgan fingerprint density at radius 1 is 0.800 bits per heavy atom. The number of hydrogen-bond acceptors (Lipinski definition) is 9. The minimum atomic E-state index is -1.18. The fourth-order valence-electron chi connectivity index (χ4n) is 3.15. The van der Waals surface area contributed by atoms with Gasteiger partial charge in [-0.05, 0) is 17.7 Å². The number of benzene rings is 1. The van der Waals surface area contributed by atoms with Crippen LogP contribution in [0.25, 0.3) is 0 Å². The van der Waals surface area contributed by atoms with Gasteiger partial charge in [0, 0.05) is 32.2 Å². The summed E-state index contributed by atoms with van der Waals surface area (Å²) in [5.74, 6) is -2.54. The van der Waals surface area contributed by atoms with Gasteiger partial charge in [0.25, 0.3) is 0 Å². The summed E-state index contributed by atoms with van der Waals surface area (Å²) in [6.07, 6.45) is -5.30. The normalized spacial score (nSPS) is 25.7. The first kappa shape index (κ1) is 23.8. The number of esters is 4. The summed E-state index contributed by atoms with van der Waals surface area (Å²) < 4.78 is 28.1. The minimum absolute atomic E-state index is 0.259. The van der Waals surface area contributed by atoms with Crippen molar-refractivity contribution < 1.29 is 42.9 Å². The average molecular weight is 487 g/mol. The van der Waals surface area contributed by atoms with Crippen molar-refractivity contribution in [1.82, 2.24) is 0 Å². The van der Waals surface area contributed by atoms with Gasteiger partial charge in [-0.15, -0.1) is 0 Å². The molecular weight excluding hydrogens is 464 g/mol. The second-order valence-electron chi connectivity index (χ2n) is 6.67. The minimum Gasteiger partial charge on any atom is -0.463 e. The molecular formula is C20H23BrO9. The largest absolute Gasteiger partial charge is 0.463 e. The molecule has 0 spiro atoms. The summed E-state index contributed by atoms with van der Waals surface area (Å²) in [6, 6.07) is 7.02. The highest BCUT2D eigenvalue weighted by Crippen LogP contribution is 2.38. The fraction of sp³-hybridized carbons (Fsp3) is 0.500. The molecule has 2 rings (SSSR count). The van der Waals surface area contributed by atoms with E-state index in [9.17, 15) is 19.2 Å². The highest BCUT2D eigenvalue weighted by Gasteiger charge is 2.52. The van der Waals surface area contributed by atoms with Gasteiger partial charge in [-0.2, -0.15) is 0 Å². The predicted octanol–water partition coefficient (Wildman–Crippen LogP) is 2.25. The highest BCUT2D eigenvalue weighted by atomic mass is 79.9. The second kappa shape index (κ2) is 10.5. The quantitative estimate of drug-likeness (QED) is 0.440. The molecule has 5 atom stereocenters. The summed E-state index contributed by atoms with van der Waals surface area (Å²) in [5.41, 5.74) is 0.621. The van der Waals surface area contributed by atoms with Gasteiger partial charge in [-0.1, -0.05) is 28.1 Å². The van der Waals surface area contributed by atoms with Gasteiger partial charge in [-0.25, -0.2) is 0 Å². The fourth-order valence-corrected chi connectivity index (χ4v) is 3.41. The van der Waals surface area contributed by atoms with E-state index in [-0.39, 0.29) is 6.61 Å². The van der Waals surface area contributed by atoms with Crippen molar-refractivity contribution >= 4 is 39.8 Å². The zero-order valence-corrected chi connectivity index (χ0v) is 18.5. The van der Waals surface area contributed by atoms with Crippen LogP contribution in [0, 0.1) is 0 Å². The molecule has 0 aromatic heterocycles. The molecule has 0 amide bonds. The van der Waals surface area contributed by atoms with E-state index < -0.39 is 54.4 Å². The molecule has 1 aliphatic rings. The molecule has 1 aliphatic heterocycles. The van der Waals surface area contributed by atoms with Gasteiger partial charge >= 0.3 is 23.9 Å². The van der Waals surface area contributed by atoms with Crippen LogP contribution in [0.15, 0.2) is 28.7 Å². The Kier molecular flexibility index (Phi) is 8.36. The summed E-state index contributed by atoms with van der Waals surface area (Å²) in [4.78, 5) is 46.6. The third-order valence-electron chi connectivity index (χ3n) is 4.19. The molecule has 0 N–H and O–H groups in total. The van der Waals surface area contributed by atoms with Crippen LogP contribution in [0.1, 0.15) is 39.4 Å². The van der Waals surface area contributed by atoms with E-state index in [1.807, 2.05) is 0 Å². The monoisotopic (exact) mass is 486 g/mol. The van der Waals surface area contributed by atoms with E-state index in [4.69, 9.17) is 23.7 Å². The first-order chi connectivity index (χ1) is 14.1. The Labute approximate surface area is 182 Å². The van der Waals surface area contributed by atoms with Crippen molar-refractivity contribution in [2.24, 2.45) is 0 Å². The average Bonchev–Trinajstić information content (AvgIpc) is 2.63. The van der Waals surface area contributed by atoms with Crippen LogP contribution < -0.4 is 0 Å². The predicted molar refractivity (Wildman–Crippen MR) is 105 cm³/mol. The first-order valence-corrected chi connectivity index (χ1v) is 9.93. The number of carbonyl (C=O) groups is 4. The molecule has 30 heavy (non-hydrogen) atoms. The van der Waals surface area contributed by atoms with E-state index >= 15 is 0 Å². The lowest BCUT2D eigenvalue weighted by Crippen LogP contribution is -2.59. The molecule has 0 bridgehead atoms. The van der Waals surface area contributed by atoms with Crippen LogP contribution in [0.4, 0.5) is 0 Å². The molecule has 9 nitrogen and oxygen atoms in total. The summed E-state index contributed by atoms with van der Waals surface area (Å²) in [6.45, 7) is 4.53. The topological polar surface area (TPSA) is 114 Å². The molecule has 10 heteroatoms. The summed E-state index contributed by atoms with van der Waals surface area (Å²) >= 11 is 3.35. The Balaban J connectivity index is 2.51. The molecule has 0 aliphatic carbocycles. The summed E-state index contributed by atoms with van der Waals surface area (Å²) in [5, 5.41) is 0. The molecule has 0 saturated carbocycles. The van der Waals surface area contributed by atoms with Crippen LogP contribution in [-0.2, 0) is 42.9 Å². The molecule has 1 fully saturated rings. The SMILES string of the molecule is CC(=O)OCC1O[C@@H](c2ccc(Br)cc2)C(OC(C)=O)[C@H](OC(C)=O)[C@@H]1OC(C)=O. The number of ether oxygens (including phenoxy) is 5. The van der Waals surface area contributed by atoms with E-state index in [0.717, 1.165) is 4.47 Å².